The van der Waals surface area contributed by atoms with E-state index in [-0.39, 0.29) is 11.6 Å². The van der Waals surface area contributed by atoms with Crippen LogP contribution in [0.2, 0.25) is 0 Å². The molecule has 7 heteroatoms. The smallest absolute Gasteiger partial charge is 0.337 e. The van der Waals surface area contributed by atoms with Gasteiger partial charge in [-0.3, -0.25) is 4.98 Å². The van der Waals surface area contributed by atoms with E-state index in [1.165, 1.54) is 18.5 Å². The van der Waals surface area contributed by atoms with Crippen molar-refractivity contribution >= 4 is 17.7 Å². The summed E-state index contributed by atoms with van der Waals surface area (Å²) in [6.45, 7) is 4.02. The molecule has 1 heterocycles. The molecule has 0 aliphatic carbocycles. The summed E-state index contributed by atoms with van der Waals surface area (Å²) < 4.78 is 0. The molecule has 116 valence electrons. The summed E-state index contributed by atoms with van der Waals surface area (Å²) in [6.07, 6.45) is 3.53. The lowest BCUT2D eigenvalue weighted by Crippen LogP contribution is -2.39. The lowest BCUT2D eigenvalue weighted by Gasteiger charge is -2.24. The van der Waals surface area contributed by atoms with Crippen LogP contribution in [0.1, 0.15) is 23.7 Å². The minimum Gasteiger partial charge on any atom is -0.478 e. The summed E-state index contributed by atoms with van der Waals surface area (Å²) in [4.78, 5) is 30.6. The van der Waals surface area contributed by atoms with Crippen molar-refractivity contribution < 1.29 is 14.7 Å². The highest BCUT2D eigenvalue weighted by atomic mass is 16.4. The minimum absolute atomic E-state index is 0.0446. The quantitative estimate of drug-likeness (QED) is 0.797. The number of nitrogens with one attached hydrogen (secondary N) is 1. The number of rotatable bonds is 7. The largest absolute Gasteiger partial charge is 0.478 e. The van der Waals surface area contributed by atoms with Crippen molar-refractivity contribution in [1.82, 2.24) is 14.8 Å². The molecule has 0 radical (unpaired) electrons. The molecule has 0 aromatic carbocycles. The molecule has 0 saturated carbocycles. The van der Waals surface area contributed by atoms with Gasteiger partial charge in [-0.2, -0.15) is 0 Å². The number of aromatic carboxylic acids is 1. The first kappa shape index (κ1) is 16.9. The van der Waals surface area contributed by atoms with Gasteiger partial charge in [-0.15, -0.1) is 0 Å². The second-order valence-corrected chi connectivity index (χ2v) is 4.99. The maximum absolute atomic E-state index is 12.2. The van der Waals surface area contributed by atoms with Crippen LogP contribution in [-0.4, -0.2) is 65.6 Å². The molecule has 1 rings (SSSR count). The van der Waals surface area contributed by atoms with Gasteiger partial charge >= 0.3 is 12.0 Å². The van der Waals surface area contributed by atoms with E-state index in [4.69, 9.17) is 5.11 Å². The minimum atomic E-state index is -1.07. The first-order valence-electron chi connectivity index (χ1n) is 6.83. The van der Waals surface area contributed by atoms with Gasteiger partial charge in [0.15, 0.2) is 0 Å². The molecule has 0 aliphatic heterocycles. The van der Waals surface area contributed by atoms with Crippen molar-refractivity contribution in [2.45, 2.75) is 13.3 Å². The number of nitrogens with zero attached hydrogens (tertiary/aromatic N) is 3. The van der Waals surface area contributed by atoms with E-state index in [0.717, 1.165) is 13.0 Å². The molecule has 1 aromatic heterocycles. The van der Waals surface area contributed by atoms with Crippen LogP contribution >= 0.6 is 0 Å². The number of anilines is 1. The number of aromatic nitrogens is 1. The highest BCUT2D eigenvalue weighted by Crippen LogP contribution is 2.09. The fourth-order valence-corrected chi connectivity index (χ4v) is 1.73. The van der Waals surface area contributed by atoms with Crippen molar-refractivity contribution in [2.75, 3.05) is 39.0 Å². The van der Waals surface area contributed by atoms with Gasteiger partial charge in [0.05, 0.1) is 17.4 Å². The fourth-order valence-electron chi connectivity index (χ4n) is 1.73. The number of carbonyl (C=O) groups is 2. The van der Waals surface area contributed by atoms with E-state index in [0.29, 0.717) is 18.8 Å². The normalized spacial score (nSPS) is 10.5. The number of amides is 2. The third-order valence-corrected chi connectivity index (χ3v) is 2.83. The van der Waals surface area contributed by atoms with Crippen LogP contribution in [0, 0.1) is 0 Å². The maximum atomic E-state index is 12.2. The van der Waals surface area contributed by atoms with Gasteiger partial charge < -0.3 is 20.2 Å². The van der Waals surface area contributed by atoms with Crippen LogP contribution in [-0.2, 0) is 0 Å². The number of urea groups is 1. The Morgan fingerprint density at radius 2 is 1.95 bits per heavy atom. The Morgan fingerprint density at radius 3 is 2.52 bits per heavy atom. The van der Waals surface area contributed by atoms with Crippen molar-refractivity contribution in [2.24, 2.45) is 0 Å². The van der Waals surface area contributed by atoms with E-state index in [9.17, 15) is 9.59 Å². The zero-order chi connectivity index (χ0) is 15.8. The van der Waals surface area contributed by atoms with E-state index < -0.39 is 5.97 Å². The van der Waals surface area contributed by atoms with Gasteiger partial charge in [-0.1, -0.05) is 6.92 Å². The number of likely N-dealkylation sites (N-methyl/N-ethyl adjacent to an activating group) is 1. The van der Waals surface area contributed by atoms with Crippen molar-refractivity contribution in [3.05, 3.63) is 24.0 Å². The molecule has 1 aromatic rings. The number of hydrogen-bond acceptors (Lipinski definition) is 4. The number of hydrogen-bond donors (Lipinski definition) is 2. The molecule has 0 saturated heterocycles. The Bertz CT molecular complexity index is 491. The van der Waals surface area contributed by atoms with Gasteiger partial charge in [0, 0.05) is 25.8 Å². The summed E-state index contributed by atoms with van der Waals surface area (Å²) in [5.41, 5.74) is 0.425. The molecule has 0 fully saturated rings. The van der Waals surface area contributed by atoms with Gasteiger partial charge in [-0.25, -0.2) is 9.59 Å². The number of pyridine rings is 1. The Labute approximate surface area is 124 Å². The Kier molecular flexibility index (Phi) is 6.61. The highest BCUT2D eigenvalue weighted by molar-refractivity contribution is 5.92. The highest BCUT2D eigenvalue weighted by Gasteiger charge is 2.14. The summed E-state index contributed by atoms with van der Waals surface area (Å²) in [7, 11) is 3.89. The zero-order valence-electron chi connectivity index (χ0n) is 12.7. The van der Waals surface area contributed by atoms with Crippen LogP contribution in [0.5, 0.6) is 0 Å². The maximum Gasteiger partial charge on any atom is 0.337 e. The van der Waals surface area contributed by atoms with Gasteiger partial charge in [0.2, 0.25) is 0 Å². The lowest BCUT2D eigenvalue weighted by atomic mass is 10.2. The topological polar surface area (TPSA) is 85.8 Å². The van der Waals surface area contributed by atoms with Gasteiger partial charge in [0.25, 0.3) is 0 Å². The standard InChI is InChI=1S/C14H22N4O3/c1-4-5-18(7-6-17(2)3)14(21)16-12-8-11(13(19)20)9-15-10-12/h8-10H,4-7H2,1-3H3,(H,16,21)(H,19,20). The molecular weight excluding hydrogens is 272 g/mol. The average Bonchev–Trinajstić information content (AvgIpc) is 2.43. The van der Waals surface area contributed by atoms with Crippen LogP contribution in [0.15, 0.2) is 18.5 Å². The predicted octanol–water partition coefficient (Wildman–Crippen LogP) is 1.59. The van der Waals surface area contributed by atoms with Gasteiger partial charge in [-0.05, 0) is 26.6 Å². The molecule has 2 amide bonds. The number of carboxylic acids is 1. The average molecular weight is 294 g/mol. The summed E-state index contributed by atoms with van der Waals surface area (Å²) in [5, 5.41) is 11.6. The van der Waals surface area contributed by atoms with Crippen LogP contribution in [0.4, 0.5) is 10.5 Å². The molecule has 0 bridgehead atoms. The Balaban J connectivity index is 2.71. The molecule has 21 heavy (non-hydrogen) atoms. The van der Waals surface area contributed by atoms with Crippen molar-refractivity contribution in [3.63, 3.8) is 0 Å². The van der Waals surface area contributed by atoms with E-state index in [2.05, 4.69) is 10.3 Å². The van der Waals surface area contributed by atoms with Crippen molar-refractivity contribution in [1.29, 1.82) is 0 Å². The van der Waals surface area contributed by atoms with Crippen LogP contribution in [0.3, 0.4) is 0 Å². The molecule has 2 N–H and O–H groups in total. The van der Waals surface area contributed by atoms with Crippen molar-refractivity contribution in [3.8, 4) is 0 Å². The summed E-state index contributed by atoms with van der Waals surface area (Å²) >= 11 is 0. The fraction of sp³-hybridized carbons (Fsp3) is 0.500. The lowest BCUT2D eigenvalue weighted by molar-refractivity contribution is 0.0696. The Morgan fingerprint density at radius 1 is 1.24 bits per heavy atom. The second-order valence-electron chi connectivity index (χ2n) is 4.99. The molecule has 0 atom stereocenters. The zero-order valence-corrected chi connectivity index (χ0v) is 12.7. The van der Waals surface area contributed by atoms with E-state index >= 15 is 0 Å². The van der Waals surface area contributed by atoms with Crippen LogP contribution in [0.25, 0.3) is 0 Å². The van der Waals surface area contributed by atoms with Gasteiger partial charge in [0.1, 0.15) is 0 Å². The van der Waals surface area contributed by atoms with E-state index in [1.54, 1.807) is 4.90 Å². The third-order valence-electron chi connectivity index (χ3n) is 2.83. The first-order chi connectivity index (χ1) is 9.93. The number of carbonyl (C=O) groups excluding carboxylic acids is 1. The Hall–Kier alpha value is -2.15. The molecule has 0 spiro atoms. The molecule has 0 aliphatic rings. The first-order valence-corrected chi connectivity index (χ1v) is 6.83. The summed E-state index contributed by atoms with van der Waals surface area (Å²) in [6, 6.07) is 1.14. The predicted molar refractivity (Wildman–Crippen MR) is 80.6 cm³/mol. The van der Waals surface area contributed by atoms with Crippen LogP contribution < -0.4 is 5.32 Å². The van der Waals surface area contributed by atoms with E-state index in [1.807, 2.05) is 25.9 Å². The molecular formula is C14H22N4O3. The molecule has 0 unspecified atom stereocenters. The third kappa shape index (κ3) is 5.78. The SMILES string of the molecule is CCCN(CCN(C)C)C(=O)Nc1cncc(C(=O)O)c1. The second kappa shape index (κ2) is 8.21. The number of carboxylic acid groups (broad SMARTS) is 1. The monoisotopic (exact) mass is 294 g/mol. The summed E-state index contributed by atoms with van der Waals surface area (Å²) in [5.74, 6) is -1.07. The molecule has 7 nitrogen and oxygen atoms in total.